The molecule has 5 rings (SSSR count). The Bertz CT molecular complexity index is 1480. The van der Waals surface area contributed by atoms with E-state index in [9.17, 15) is 20.4 Å². The lowest BCUT2D eigenvalue weighted by atomic mass is 9.73. The smallest absolute Gasteiger partial charge is 0.153 e. The van der Waals surface area contributed by atoms with Crippen LogP contribution < -0.4 is 32.8 Å². The van der Waals surface area contributed by atoms with Crippen LogP contribution in [-0.4, -0.2) is 72.5 Å². The summed E-state index contributed by atoms with van der Waals surface area (Å²) < 4.78 is 6.15. The number of aromatic nitrogens is 1. The first-order valence-electron chi connectivity index (χ1n) is 9.80. The SMILES string of the molecule is Bc1c(O)c(B)c2c([nH]c3c(O)c4c(oc5c(B)c(O)c(O)c(B)c54)c(B)c32)c1B. The summed E-state index contributed by atoms with van der Waals surface area (Å²) in [5.41, 5.74) is 6.45. The number of phenols is 4. The number of rotatable bonds is 0. The van der Waals surface area contributed by atoms with Crippen molar-refractivity contribution in [2.75, 3.05) is 0 Å². The highest BCUT2D eigenvalue weighted by Gasteiger charge is 2.26. The van der Waals surface area contributed by atoms with Crippen molar-refractivity contribution in [1.29, 1.82) is 0 Å². The summed E-state index contributed by atoms with van der Waals surface area (Å²) in [6.07, 6.45) is 0. The fourth-order valence-corrected chi connectivity index (χ4v) is 4.84. The Kier molecular flexibility index (Phi) is 3.59. The highest BCUT2D eigenvalue weighted by molar-refractivity contribution is 6.61. The van der Waals surface area contributed by atoms with E-state index in [0.29, 0.717) is 38.4 Å². The number of phenolic OH excluding ortho intramolecular Hbond substituents is 4. The Morgan fingerprint density at radius 3 is 1.67 bits per heavy atom. The van der Waals surface area contributed by atoms with Crippen molar-refractivity contribution < 1.29 is 24.8 Å². The second-order valence-corrected chi connectivity index (χ2v) is 8.28. The zero-order valence-corrected chi connectivity index (χ0v) is 17.7. The summed E-state index contributed by atoms with van der Waals surface area (Å²) in [5.74, 6) is -0.182. The van der Waals surface area contributed by atoms with Crippen molar-refractivity contribution in [1.82, 2.24) is 4.98 Å². The van der Waals surface area contributed by atoms with Crippen molar-refractivity contribution in [3.8, 4) is 23.0 Å². The van der Waals surface area contributed by atoms with Gasteiger partial charge in [-0.05, 0) is 21.9 Å². The first-order valence-corrected chi connectivity index (χ1v) is 9.80. The van der Waals surface area contributed by atoms with E-state index in [1.165, 1.54) is 0 Å². The third-order valence-corrected chi connectivity index (χ3v) is 6.77. The van der Waals surface area contributed by atoms with Crippen LogP contribution in [0.2, 0.25) is 0 Å². The molecular formula is C18H17B6NO5. The molecule has 5 aromatic rings. The maximum atomic E-state index is 11.3. The van der Waals surface area contributed by atoms with Gasteiger partial charge in [-0.1, -0.05) is 10.9 Å². The molecule has 0 saturated carbocycles. The molecule has 5 N–H and O–H groups in total. The minimum absolute atomic E-state index is 0.0177. The molecule has 2 heterocycles. The zero-order chi connectivity index (χ0) is 21.8. The molecule has 12 heteroatoms. The van der Waals surface area contributed by atoms with Gasteiger partial charge in [-0.15, -0.1) is 0 Å². The summed E-state index contributed by atoms with van der Waals surface area (Å²) in [4.78, 5) is 3.36. The molecule has 142 valence electrons. The summed E-state index contributed by atoms with van der Waals surface area (Å²) in [5, 5.41) is 45.3. The zero-order valence-electron chi connectivity index (χ0n) is 17.7. The summed E-state index contributed by atoms with van der Waals surface area (Å²) in [7, 11) is 10.9. The Morgan fingerprint density at radius 1 is 0.467 bits per heavy atom. The molecule has 0 aliphatic carbocycles. The molecule has 30 heavy (non-hydrogen) atoms. The molecule has 0 saturated heterocycles. The first-order chi connectivity index (χ1) is 14.1. The Labute approximate surface area is 176 Å². The number of hydrogen-bond donors (Lipinski definition) is 5. The van der Waals surface area contributed by atoms with Gasteiger partial charge in [-0.25, -0.2) is 0 Å². The standard InChI is InChI=1S/C18H17B6NO5/c19-5-1-2-7(21)18-4(3-6(20)15(28)16(29)10(24)17(3)30-18)13(26)12(2)25-11(1)8(22)9(23)14(5)27/h25-29H,19-24H2. The molecule has 0 atom stereocenters. The van der Waals surface area contributed by atoms with Gasteiger partial charge in [0.15, 0.2) is 17.2 Å². The molecular weight excluding hydrogens is 375 g/mol. The van der Waals surface area contributed by atoms with Gasteiger partial charge in [-0.3, -0.25) is 0 Å². The van der Waals surface area contributed by atoms with Gasteiger partial charge in [0.1, 0.15) is 64.0 Å². The predicted octanol–water partition coefficient (Wildman–Crippen LogP) is -6.41. The van der Waals surface area contributed by atoms with Crippen LogP contribution in [-0.2, 0) is 0 Å². The van der Waals surface area contributed by atoms with Crippen LogP contribution >= 0.6 is 0 Å². The van der Waals surface area contributed by atoms with E-state index in [2.05, 4.69) is 4.98 Å². The number of benzene rings is 3. The van der Waals surface area contributed by atoms with Gasteiger partial charge >= 0.3 is 0 Å². The molecule has 0 aliphatic rings. The van der Waals surface area contributed by atoms with Crippen LogP contribution in [0, 0.1) is 0 Å². The molecule has 0 bridgehead atoms. The molecule has 0 unspecified atom stereocenters. The average molecular weight is 392 g/mol. The largest absolute Gasteiger partial charge is 0.509 e. The molecule has 6 nitrogen and oxygen atoms in total. The summed E-state index contributed by atoms with van der Waals surface area (Å²) in [6, 6.07) is 0. The molecule has 0 amide bonds. The van der Waals surface area contributed by atoms with Crippen molar-refractivity contribution >= 4 is 124 Å². The highest BCUT2D eigenvalue weighted by Crippen LogP contribution is 2.41. The maximum Gasteiger partial charge on any atom is 0.153 e. The maximum absolute atomic E-state index is 11.3. The number of nitrogens with one attached hydrogen (secondary N) is 1. The van der Waals surface area contributed by atoms with Crippen LogP contribution in [0.5, 0.6) is 23.0 Å². The molecule has 3 aromatic carbocycles. The molecule has 0 radical (unpaired) electrons. The lowest BCUT2D eigenvalue weighted by molar-refractivity contribution is 0.410. The van der Waals surface area contributed by atoms with E-state index in [0.717, 1.165) is 38.1 Å². The van der Waals surface area contributed by atoms with Crippen LogP contribution in [0.25, 0.3) is 43.7 Å². The number of aromatic hydroxyl groups is 4. The van der Waals surface area contributed by atoms with E-state index in [1.807, 2.05) is 31.4 Å². The normalized spacial score (nSPS) is 12.0. The van der Waals surface area contributed by atoms with Gasteiger partial charge < -0.3 is 29.8 Å². The van der Waals surface area contributed by atoms with Crippen LogP contribution in [0.15, 0.2) is 4.42 Å². The molecule has 0 spiro atoms. The third-order valence-electron chi connectivity index (χ3n) is 6.77. The van der Waals surface area contributed by atoms with Gasteiger partial charge in [0.05, 0.1) is 10.9 Å². The topological polar surface area (TPSA) is 110 Å². The van der Waals surface area contributed by atoms with Crippen LogP contribution in [0.3, 0.4) is 0 Å². The van der Waals surface area contributed by atoms with Crippen LogP contribution in [0.4, 0.5) is 0 Å². The summed E-state index contributed by atoms with van der Waals surface area (Å²) >= 11 is 0. The lowest BCUT2D eigenvalue weighted by Crippen LogP contribution is -2.31. The fraction of sp³-hybridized carbons (Fsp3) is 0. The second-order valence-electron chi connectivity index (χ2n) is 8.28. The van der Waals surface area contributed by atoms with Crippen molar-refractivity contribution in [2.45, 2.75) is 0 Å². The predicted molar refractivity (Wildman–Crippen MR) is 139 cm³/mol. The van der Waals surface area contributed by atoms with Gasteiger partial charge in [0, 0.05) is 21.7 Å². The number of hydrogen-bond acceptors (Lipinski definition) is 5. The van der Waals surface area contributed by atoms with Crippen molar-refractivity contribution in [2.24, 2.45) is 0 Å². The Morgan fingerprint density at radius 2 is 1.00 bits per heavy atom. The van der Waals surface area contributed by atoms with E-state index in [1.54, 1.807) is 15.7 Å². The first kappa shape index (κ1) is 18.9. The van der Waals surface area contributed by atoms with Crippen molar-refractivity contribution in [3.63, 3.8) is 0 Å². The number of furan rings is 1. The van der Waals surface area contributed by atoms with E-state index < -0.39 is 0 Å². The monoisotopic (exact) mass is 393 g/mol. The van der Waals surface area contributed by atoms with Gasteiger partial charge in [0.25, 0.3) is 0 Å². The fourth-order valence-electron chi connectivity index (χ4n) is 4.84. The van der Waals surface area contributed by atoms with Crippen molar-refractivity contribution in [3.05, 3.63) is 0 Å². The van der Waals surface area contributed by atoms with Gasteiger partial charge in [0.2, 0.25) is 0 Å². The number of aromatic amines is 1. The highest BCUT2D eigenvalue weighted by atomic mass is 16.3. The quantitative estimate of drug-likeness (QED) is 0.133. The van der Waals surface area contributed by atoms with E-state index in [4.69, 9.17) is 4.42 Å². The van der Waals surface area contributed by atoms with Crippen LogP contribution in [0.1, 0.15) is 0 Å². The lowest BCUT2D eigenvalue weighted by Gasteiger charge is -2.11. The number of fused-ring (bicyclic) bond motifs is 6. The molecule has 0 fully saturated rings. The van der Waals surface area contributed by atoms with Gasteiger partial charge in [-0.2, -0.15) is 0 Å². The second kappa shape index (κ2) is 5.71. The Balaban J connectivity index is 2.14. The minimum atomic E-state index is -0.223. The average Bonchev–Trinajstić information content (AvgIpc) is 3.32. The minimum Gasteiger partial charge on any atom is -0.509 e. The van der Waals surface area contributed by atoms with E-state index in [-0.39, 0.29) is 23.0 Å². The molecule has 2 aromatic heterocycles. The Hall–Kier alpha value is -3.15. The van der Waals surface area contributed by atoms with E-state index >= 15 is 0 Å². The number of H-pyrrole nitrogens is 1. The third kappa shape index (κ3) is 1.96. The summed E-state index contributed by atoms with van der Waals surface area (Å²) in [6.45, 7) is 0. The molecule has 0 aliphatic heterocycles.